The molecule has 0 aromatic heterocycles. The molecule has 0 bridgehead atoms. The molecule has 4 heteroatoms. The average Bonchev–Trinajstić information content (AvgIpc) is 3.05. The van der Waals surface area contributed by atoms with Gasteiger partial charge in [-0.1, -0.05) is 38.1 Å². The second-order valence-electron chi connectivity index (χ2n) is 7.97. The van der Waals surface area contributed by atoms with E-state index in [1.54, 1.807) is 0 Å². The lowest BCUT2D eigenvalue weighted by molar-refractivity contribution is -0.0295. The van der Waals surface area contributed by atoms with Gasteiger partial charge in [-0.05, 0) is 46.7 Å². The summed E-state index contributed by atoms with van der Waals surface area (Å²) in [7, 11) is 0. The maximum absolute atomic E-state index is 12.8. The molecule has 1 atom stereocenters. The number of carbonyl (C=O) groups is 1. The lowest BCUT2D eigenvalue weighted by atomic mass is 9.99. The highest BCUT2D eigenvalue weighted by atomic mass is 16.5. The van der Waals surface area contributed by atoms with Gasteiger partial charge in [-0.25, -0.2) is 0 Å². The minimum absolute atomic E-state index is 0.00480. The Morgan fingerprint density at radius 2 is 2.04 bits per heavy atom. The fraction of sp³-hybridized carbons (Fsp3) is 0.500. The van der Waals surface area contributed by atoms with Crippen molar-refractivity contribution in [2.24, 2.45) is 5.92 Å². The highest BCUT2D eigenvalue weighted by molar-refractivity contribution is 6.09. The Labute approximate surface area is 155 Å². The topological polar surface area (TPSA) is 41.6 Å². The van der Waals surface area contributed by atoms with Crippen molar-refractivity contribution in [3.05, 3.63) is 47.0 Å². The molecule has 2 aromatic rings. The summed E-state index contributed by atoms with van der Waals surface area (Å²) >= 11 is 0. The monoisotopic (exact) mass is 352 g/mol. The summed E-state index contributed by atoms with van der Waals surface area (Å²) in [5.41, 5.74) is 3.52. The number of amides is 1. The number of nitrogens with one attached hydrogen (secondary N) is 1. The summed E-state index contributed by atoms with van der Waals surface area (Å²) in [6.45, 7) is 8.75. The molecule has 4 rings (SSSR count). The van der Waals surface area contributed by atoms with E-state index in [0.29, 0.717) is 12.5 Å². The van der Waals surface area contributed by atoms with E-state index in [1.165, 1.54) is 16.5 Å². The Balaban J connectivity index is 1.44. The molecule has 1 fully saturated rings. The molecule has 2 aromatic carbocycles. The first kappa shape index (κ1) is 17.5. The molecule has 1 aliphatic heterocycles. The molecule has 0 radical (unpaired) electrons. The van der Waals surface area contributed by atoms with Gasteiger partial charge in [-0.2, -0.15) is 0 Å². The summed E-state index contributed by atoms with van der Waals surface area (Å²) in [6, 6.07) is 10.4. The van der Waals surface area contributed by atoms with Crippen molar-refractivity contribution in [2.45, 2.75) is 32.8 Å². The minimum atomic E-state index is 0.00480. The number of nitrogens with zero attached hydrogens (tertiary/aromatic N) is 1. The van der Waals surface area contributed by atoms with Crippen LogP contribution in [-0.2, 0) is 17.6 Å². The van der Waals surface area contributed by atoms with E-state index in [1.807, 2.05) is 6.07 Å². The zero-order chi connectivity index (χ0) is 18.1. The van der Waals surface area contributed by atoms with Crippen LogP contribution in [0.3, 0.4) is 0 Å². The van der Waals surface area contributed by atoms with Crippen LogP contribution < -0.4 is 5.32 Å². The van der Waals surface area contributed by atoms with Crippen LogP contribution in [0.15, 0.2) is 30.3 Å². The van der Waals surface area contributed by atoms with Gasteiger partial charge in [0.1, 0.15) is 0 Å². The van der Waals surface area contributed by atoms with Crippen molar-refractivity contribution >= 4 is 16.7 Å². The van der Waals surface area contributed by atoms with Crippen LogP contribution in [0.4, 0.5) is 0 Å². The van der Waals surface area contributed by atoms with Crippen molar-refractivity contribution < 1.29 is 9.53 Å². The first-order chi connectivity index (χ1) is 12.6. The Morgan fingerprint density at radius 1 is 1.23 bits per heavy atom. The van der Waals surface area contributed by atoms with E-state index in [0.717, 1.165) is 50.0 Å². The highest BCUT2D eigenvalue weighted by Crippen LogP contribution is 2.32. The van der Waals surface area contributed by atoms with Gasteiger partial charge in [0.05, 0.1) is 12.7 Å². The summed E-state index contributed by atoms with van der Waals surface area (Å²) in [5, 5.41) is 5.48. The fourth-order valence-corrected chi connectivity index (χ4v) is 4.33. The van der Waals surface area contributed by atoms with Crippen LogP contribution in [0.5, 0.6) is 0 Å². The van der Waals surface area contributed by atoms with Crippen LogP contribution in [0.1, 0.15) is 35.3 Å². The molecular formula is C22H28N2O2. The van der Waals surface area contributed by atoms with E-state index >= 15 is 0 Å². The second-order valence-corrected chi connectivity index (χ2v) is 7.97. The smallest absolute Gasteiger partial charge is 0.252 e. The molecule has 1 N–H and O–H groups in total. The van der Waals surface area contributed by atoms with Crippen molar-refractivity contribution in [3.8, 4) is 0 Å². The lowest BCUT2D eigenvalue weighted by Gasteiger charge is -2.34. The average molecular weight is 352 g/mol. The van der Waals surface area contributed by atoms with E-state index in [4.69, 9.17) is 4.74 Å². The van der Waals surface area contributed by atoms with Gasteiger partial charge in [0.25, 0.3) is 5.91 Å². The maximum Gasteiger partial charge on any atom is 0.252 e. The van der Waals surface area contributed by atoms with Gasteiger partial charge in [0.15, 0.2) is 0 Å². The number of carbonyl (C=O) groups excluding carboxylic acids is 1. The van der Waals surface area contributed by atoms with Gasteiger partial charge in [0, 0.05) is 31.7 Å². The Hall–Kier alpha value is -1.91. The predicted octanol–water partition coefficient (Wildman–Crippen LogP) is 3.03. The summed E-state index contributed by atoms with van der Waals surface area (Å²) < 4.78 is 5.86. The summed E-state index contributed by atoms with van der Waals surface area (Å²) in [5.74, 6) is 0.655. The van der Waals surface area contributed by atoms with Crippen molar-refractivity contribution in [1.29, 1.82) is 0 Å². The number of rotatable bonds is 5. The highest BCUT2D eigenvalue weighted by Gasteiger charge is 2.23. The third kappa shape index (κ3) is 3.49. The molecule has 1 aliphatic carbocycles. The van der Waals surface area contributed by atoms with E-state index in [2.05, 4.69) is 48.3 Å². The quantitative estimate of drug-likeness (QED) is 0.899. The molecule has 138 valence electrons. The largest absolute Gasteiger partial charge is 0.374 e. The SMILES string of the molecule is CC(C)CN1CCOC(CNC(=O)c2ccc3c4c(cccc24)CC3)C1. The van der Waals surface area contributed by atoms with Crippen molar-refractivity contribution in [3.63, 3.8) is 0 Å². The first-order valence-corrected chi connectivity index (χ1v) is 9.77. The summed E-state index contributed by atoms with van der Waals surface area (Å²) in [6.07, 6.45) is 2.24. The molecule has 0 spiro atoms. The second kappa shape index (κ2) is 7.37. The number of hydrogen-bond acceptors (Lipinski definition) is 3. The zero-order valence-corrected chi connectivity index (χ0v) is 15.8. The third-order valence-corrected chi connectivity index (χ3v) is 5.46. The van der Waals surface area contributed by atoms with Gasteiger partial charge < -0.3 is 10.1 Å². The van der Waals surface area contributed by atoms with Gasteiger partial charge in [0.2, 0.25) is 0 Å². The summed E-state index contributed by atoms with van der Waals surface area (Å²) in [4.78, 5) is 15.3. The molecule has 1 amide bonds. The van der Waals surface area contributed by atoms with Crippen molar-refractivity contribution in [1.82, 2.24) is 10.2 Å². The van der Waals surface area contributed by atoms with E-state index in [-0.39, 0.29) is 12.0 Å². The molecule has 1 saturated heterocycles. The van der Waals surface area contributed by atoms with Gasteiger partial charge in [-0.3, -0.25) is 9.69 Å². The third-order valence-electron chi connectivity index (χ3n) is 5.46. The number of benzene rings is 2. The molecule has 1 heterocycles. The van der Waals surface area contributed by atoms with Crippen LogP contribution in [-0.4, -0.2) is 49.7 Å². The van der Waals surface area contributed by atoms with E-state index < -0.39 is 0 Å². The van der Waals surface area contributed by atoms with Crippen LogP contribution >= 0.6 is 0 Å². The zero-order valence-electron chi connectivity index (χ0n) is 15.8. The Kier molecular flexibility index (Phi) is 4.96. The number of ether oxygens (including phenoxy) is 1. The first-order valence-electron chi connectivity index (χ1n) is 9.77. The standard InChI is InChI=1S/C22H28N2O2/c1-15(2)13-24-10-11-26-18(14-24)12-23-22(25)20-9-8-17-7-6-16-4-3-5-19(20)21(16)17/h3-5,8-9,15,18H,6-7,10-14H2,1-2H3,(H,23,25). The van der Waals surface area contributed by atoms with Crippen LogP contribution in [0.2, 0.25) is 0 Å². The van der Waals surface area contributed by atoms with E-state index in [9.17, 15) is 4.79 Å². The molecule has 2 aliphatic rings. The molecule has 0 saturated carbocycles. The predicted molar refractivity (Wildman–Crippen MR) is 105 cm³/mol. The molecule has 4 nitrogen and oxygen atoms in total. The molecule has 26 heavy (non-hydrogen) atoms. The lowest BCUT2D eigenvalue weighted by Crippen LogP contribution is -2.48. The van der Waals surface area contributed by atoms with Crippen LogP contribution in [0.25, 0.3) is 10.8 Å². The maximum atomic E-state index is 12.8. The normalized spacial score (nSPS) is 20.0. The minimum Gasteiger partial charge on any atom is -0.374 e. The van der Waals surface area contributed by atoms with Gasteiger partial charge >= 0.3 is 0 Å². The van der Waals surface area contributed by atoms with Gasteiger partial charge in [-0.15, -0.1) is 0 Å². The number of morpholine rings is 1. The molecular weight excluding hydrogens is 324 g/mol. The number of aryl methyl sites for hydroxylation is 2. The van der Waals surface area contributed by atoms with Crippen LogP contribution in [0, 0.1) is 5.92 Å². The molecule has 1 unspecified atom stereocenters. The van der Waals surface area contributed by atoms with Crippen molar-refractivity contribution in [2.75, 3.05) is 32.8 Å². The number of hydrogen-bond donors (Lipinski definition) is 1. The fourth-order valence-electron chi connectivity index (χ4n) is 4.33. The Morgan fingerprint density at radius 3 is 2.85 bits per heavy atom. The Bertz CT molecular complexity index is 805.